The summed E-state index contributed by atoms with van der Waals surface area (Å²) >= 11 is 0. The molecule has 0 unspecified atom stereocenters. The number of nitrogens with zero attached hydrogens (tertiary/aromatic N) is 1. The van der Waals surface area contributed by atoms with Crippen LogP contribution in [-0.4, -0.2) is 16.5 Å². The molecular formula is C10H19N3. The first-order chi connectivity index (χ1) is 6.04. The van der Waals surface area contributed by atoms with Gasteiger partial charge in [-0.3, -0.25) is 0 Å². The van der Waals surface area contributed by atoms with Crippen molar-refractivity contribution < 1.29 is 0 Å². The minimum absolute atomic E-state index is 0.116. The molecule has 0 spiro atoms. The molecule has 3 nitrogen and oxygen atoms in total. The van der Waals surface area contributed by atoms with Crippen LogP contribution in [-0.2, 0) is 12.0 Å². The number of hydrogen-bond acceptors (Lipinski definition) is 2. The second-order valence-electron chi connectivity index (χ2n) is 4.29. The van der Waals surface area contributed by atoms with Gasteiger partial charge < -0.3 is 10.3 Å². The third kappa shape index (κ3) is 2.84. The molecule has 74 valence electrons. The molecule has 0 fully saturated rings. The van der Waals surface area contributed by atoms with Crippen molar-refractivity contribution in [2.75, 3.05) is 6.54 Å². The van der Waals surface area contributed by atoms with Crippen molar-refractivity contribution in [1.82, 2.24) is 15.3 Å². The fraction of sp³-hybridized carbons (Fsp3) is 0.700. The van der Waals surface area contributed by atoms with E-state index in [2.05, 4.69) is 43.0 Å². The third-order valence-electron chi connectivity index (χ3n) is 1.90. The van der Waals surface area contributed by atoms with E-state index in [1.165, 1.54) is 0 Å². The van der Waals surface area contributed by atoms with E-state index >= 15 is 0 Å². The summed E-state index contributed by atoms with van der Waals surface area (Å²) in [4.78, 5) is 7.66. The van der Waals surface area contributed by atoms with Gasteiger partial charge in [0.1, 0.15) is 5.82 Å². The van der Waals surface area contributed by atoms with Gasteiger partial charge in [0.2, 0.25) is 0 Å². The molecule has 0 aromatic carbocycles. The van der Waals surface area contributed by atoms with Crippen LogP contribution in [0.2, 0.25) is 0 Å². The summed E-state index contributed by atoms with van der Waals surface area (Å²) in [7, 11) is 0. The number of imidazole rings is 1. The van der Waals surface area contributed by atoms with Gasteiger partial charge in [0.05, 0.1) is 0 Å². The highest BCUT2D eigenvalue weighted by molar-refractivity contribution is 5.08. The smallest absolute Gasteiger partial charge is 0.111 e. The Hall–Kier alpha value is -0.830. The number of aromatic amines is 1. The largest absolute Gasteiger partial charge is 0.344 e. The van der Waals surface area contributed by atoms with Gasteiger partial charge in [-0.25, -0.2) is 4.98 Å². The lowest BCUT2D eigenvalue weighted by Gasteiger charge is -2.14. The quantitative estimate of drug-likeness (QED) is 0.746. The molecule has 0 aliphatic heterocycles. The molecule has 3 heteroatoms. The normalized spacial score (nSPS) is 12.0. The molecule has 0 amide bonds. The highest BCUT2D eigenvalue weighted by atomic mass is 15.0. The zero-order valence-electron chi connectivity index (χ0n) is 8.94. The summed E-state index contributed by atoms with van der Waals surface area (Å²) in [5, 5.41) is 3.26. The number of rotatable bonds is 3. The third-order valence-corrected chi connectivity index (χ3v) is 1.90. The molecule has 13 heavy (non-hydrogen) atoms. The lowest BCUT2D eigenvalue weighted by atomic mass is 9.96. The Kier molecular flexibility index (Phi) is 3.09. The minimum Gasteiger partial charge on any atom is -0.344 e. The predicted octanol–water partition coefficient (Wildman–Crippen LogP) is 1.82. The second kappa shape index (κ2) is 3.92. The molecule has 1 aromatic heterocycles. The predicted molar refractivity (Wildman–Crippen MR) is 54.7 cm³/mol. The van der Waals surface area contributed by atoms with E-state index in [1.54, 1.807) is 0 Å². The van der Waals surface area contributed by atoms with E-state index in [9.17, 15) is 0 Å². The van der Waals surface area contributed by atoms with Gasteiger partial charge in [-0.2, -0.15) is 0 Å². The Morgan fingerprint density at radius 2 is 2.15 bits per heavy atom. The lowest BCUT2D eigenvalue weighted by Crippen LogP contribution is -2.15. The number of hydrogen-bond donors (Lipinski definition) is 2. The summed E-state index contributed by atoms with van der Waals surface area (Å²) in [6.07, 6.45) is 1.91. The molecule has 2 N–H and O–H groups in total. The molecule has 0 saturated carbocycles. The zero-order chi connectivity index (χ0) is 9.90. The van der Waals surface area contributed by atoms with Crippen LogP contribution in [0.1, 0.15) is 39.2 Å². The Balaban J connectivity index is 2.64. The maximum Gasteiger partial charge on any atom is 0.111 e. The molecule has 1 aromatic rings. The summed E-state index contributed by atoms with van der Waals surface area (Å²) in [6, 6.07) is 0. The number of H-pyrrole nitrogens is 1. The van der Waals surface area contributed by atoms with Crippen molar-refractivity contribution in [1.29, 1.82) is 0 Å². The first kappa shape index (κ1) is 10.3. The van der Waals surface area contributed by atoms with Crippen LogP contribution in [0, 0.1) is 0 Å². The second-order valence-corrected chi connectivity index (χ2v) is 4.29. The maximum atomic E-state index is 4.34. The molecule has 1 rings (SSSR count). The zero-order valence-corrected chi connectivity index (χ0v) is 8.94. The van der Waals surface area contributed by atoms with Gasteiger partial charge >= 0.3 is 0 Å². The van der Waals surface area contributed by atoms with Crippen LogP contribution >= 0.6 is 0 Å². The monoisotopic (exact) mass is 181 g/mol. The van der Waals surface area contributed by atoms with E-state index in [0.717, 1.165) is 24.6 Å². The van der Waals surface area contributed by atoms with Crippen LogP contribution in [0.5, 0.6) is 0 Å². The van der Waals surface area contributed by atoms with Crippen LogP contribution in [0.15, 0.2) is 6.20 Å². The number of aromatic nitrogens is 2. The summed E-state index contributed by atoms with van der Waals surface area (Å²) in [5.74, 6) is 1.06. The maximum absolute atomic E-state index is 4.34. The fourth-order valence-electron chi connectivity index (χ4n) is 1.09. The molecule has 0 aliphatic carbocycles. The van der Waals surface area contributed by atoms with Crippen molar-refractivity contribution in [3.8, 4) is 0 Å². The highest BCUT2D eigenvalue weighted by Crippen LogP contribution is 2.18. The van der Waals surface area contributed by atoms with Gasteiger partial charge in [-0.1, -0.05) is 27.7 Å². The molecule has 0 atom stereocenters. The van der Waals surface area contributed by atoms with E-state index in [0.29, 0.717) is 0 Å². The summed E-state index contributed by atoms with van der Waals surface area (Å²) in [6.45, 7) is 10.4. The summed E-state index contributed by atoms with van der Waals surface area (Å²) < 4.78 is 0. The lowest BCUT2D eigenvalue weighted by molar-refractivity contribution is 0.550. The molecule has 1 heterocycles. The Labute approximate surface area is 80.0 Å². The summed E-state index contributed by atoms with van der Waals surface area (Å²) in [5.41, 5.74) is 1.27. The van der Waals surface area contributed by atoms with Crippen molar-refractivity contribution >= 4 is 0 Å². The van der Waals surface area contributed by atoms with Gasteiger partial charge in [0.25, 0.3) is 0 Å². The van der Waals surface area contributed by atoms with Gasteiger partial charge in [0.15, 0.2) is 0 Å². The topological polar surface area (TPSA) is 40.7 Å². The van der Waals surface area contributed by atoms with Crippen LogP contribution in [0.4, 0.5) is 0 Å². The Morgan fingerprint density at radius 3 is 2.62 bits per heavy atom. The van der Waals surface area contributed by atoms with Crippen LogP contribution in [0.3, 0.4) is 0 Å². The molecule has 0 aliphatic rings. The molecular weight excluding hydrogens is 162 g/mol. The van der Waals surface area contributed by atoms with E-state index in [4.69, 9.17) is 0 Å². The highest BCUT2D eigenvalue weighted by Gasteiger charge is 2.16. The SMILES string of the molecule is CCNCc1cnc(C(C)(C)C)[nH]1. The standard InChI is InChI=1S/C10H19N3/c1-5-11-6-8-7-12-9(13-8)10(2,3)4/h7,11H,5-6H2,1-4H3,(H,12,13). The van der Waals surface area contributed by atoms with Gasteiger partial charge in [0, 0.05) is 23.9 Å². The fourth-order valence-corrected chi connectivity index (χ4v) is 1.09. The van der Waals surface area contributed by atoms with E-state index in [-0.39, 0.29) is 5.41 Å². The molecule has 0 bridgehead atoms. The van der Waals surface area contributed by atoms with Gasteiger partial charge in [-0.05, 0) is 6.54 Å². The Bertz CT molecular complexity index is 257. The van der Waals surface area contributed by atoms with E-state index in [1.807, 2.05) is 6.20 Å². The van der Waals surface area contributed by atoms with E-state index < -0.39 is 0 Å². The van der Waals surface area contributed by atoms with Crippen molar-refractivity contribution in [3.63, 3.8) is 0 Å². The van der Waals surface area contributed by atoms with Crippen molar-refractivity contribution in [2.45, 2.75) is 39.7 Å². The van der Waals surface area contributed by atoms with Crippen LogP contribution in [0.25, 0.3) is 0 Å². The first-order valence-electron chi connectivity index (χ1n) is 4.79. The number of nitrogens with one attached hydrogen (secondary N) is 2. The van der Waals surface area contributed by atoms with Crippen LogP contribution < -0.4 is 5.32 Å². The van der Waals surface area contributed by atoms with Crippen molar-refractivity contribution in [3.05, 3.63) is 17.7 Å². The molecule has 0 radical (unpaired) electrons. The average Bonchev–Trinajstić information content (AvgIpc) is 2.47. The average molecular weight is 181 g/mol. The van der Waals surface area contributed by atoms with Crippen molar-refractivity contribution in [2.24, 2.45) is 0 Å². The minimum atomic E-state index is 0.116. The Morgan fingerprint density at radius 1 is 1.46 bits per heavy atom. The first-order valence-corrected chi connectivity index (χ1v) is 4.79. The van der Waals surface area contributed by atoms with Gasteiger partial charge in [-0.15, -0.1) is 0 Å². The molecule has 0 saturated heterocycles.